The number of rotatable bonds is 8. The van der Waals surface area contributed by atoms with Gasteiger partial charge in [0.2, 0.25) is 0 Å². The molecular weight excluding hydrogens is 576 g/mol. The van der Waals surface area contributed by atoms with Crippen LogP contribution in [0, 0.1) is 24.6 Å². The average molecular weight is 598 g/mol. The van der Waals surface area contributed by atoms with Crippen molar-refractivity contribution in [3.05, 3.63) is 65.1 Å². The second kappa shape index (κ2) is 10.4. The normalized spacial score (nSPS) is 16.1. The second-order valence-corrected chi connectivity index (χ2v) is 12.2. The molecule has 0 saturated carbocycles. The zero-order valence-electron chi connectivity index (χ0n) is 20.1. The van der Waals surface area contributed by atoms with Gasteiger partial charge >= 0.3 is 6.18 Å². The first kappa shape index (κ1) is 28.7. The topological polar surface area (TPSA) is 107 Å². The third-order valence-corrected chi connectivity index (χ3v) is 9.23. The zero-order chi connectivity index (χ0) is 28.8. The van der Waals surface area contributed by atoms with E-state index in [1.807, 2.05) is 0 Å². The molecule has 1 unspecified atom stereocenters. The van der Waals surface area contributed by atoms with Crippen LogP contribution in [0.3, 0.4) is 0 Å². The first-order chi connectivity index (χ1) is 18.1. The first-order valence-corrected chi connectivity index (χ1v) is 14.3. The summed E-state index contributed by atoms with van der Waals surface area (Å²) in [4.78, 5) is 2.13. The van der Waals surface area contributed by atoms with E-state index in [-0.39, 0.29) is 16.2 Å². The summed E-state index contributed by atoms with van der Waals surface area (Å²) in [6.45, 7) is 0.0588. The van der Waals surface area contributed by atoms with Crippen LogP contribution in [0.4, 0.5) is 32.2 Å². The van der Waals surface area contributed by atoms with Crippen LogP contribution in [0.5, 0.6) is 5.75 Å². The molecule has 0 fully saturated rings. The number of sulfonamides is 1. The van der Waals surface area contributed by atoms with Gasteiger partial charge in [-0.1, -0.05) is 17.7 Å². The molecule has 16 heteroatoms. The van der Waals surface area contributed by atoms with Gasteiger partial charge in [0.05, 0.1) is 10.8 Å². The standard InChI is InChI=1S/C23H21F6N3O5S2/c1-13-2-5-15(6-3-13)39(35,36)32-12-20(16-7-4-14(10-18(16)32)23(27,28)29)38(33,34)31-22-17(25)11-19(21(26)30-22)37-9-8-24/h2-3,5-6,11-12,14H,4,7-10H2,1H3,(H,30,31). The van der Waals surface area contributed by atoms with Crippen LogP contribution in [-0.2, 0) is 32.9 Å². The summed E-state index contributed by atoms with van der Waals surface area (Å²) in [6.07, 6.45) is -5.81. The minimum atomic E-state index is -4.89. The number of benzene rings is 1. The van der Waals surface area contributed by atoms with E-state index in [4.69, 9.17) is 0 Å². The Labute approximate surface area is 219 Å². The lowest BCUT2D eigenvalue weighted by molar-refractivity contribution is -0.177. The maximum Gasteiger partial charge on any atom is 0.392 e. The van der Waals surface area contributed by atoms with Gasteiger partial charge in [0, 0.05) is 24.4 Å². The molecule has 1 aliphatic rings. The highest BCUT2D eigenvalue weighted by Gasteiger charge is 2.44. The minimum Gasteiger partial charge on any atom is -0.486 e. The number of nitrogens with one attached hydrogen (secondary N) is 1. The van der Waals surface area contributed by atoms with E-state index in [1.165, 1.54) is 24.3 Å². The fourth-order valence-electron chi connectivity index (χ4n) is 4.17. The van der Waals surface area contributed by atoms with Gasteiger partial charge in [0.15, 0.2) is 17.4 Å². The molecule has 1 atom stereocenters. The number of aryl methyl sites for hydroxylation is 1. The van der Waals surface area contributed by atoms with Crippen LogP contribution in [-0.4, -0.2) is 45.2 Å². The summed E-state index contributed by atoms with van der Waals surface area (Å²) in [5.74, 6) is -6.69. The largest absolute Gasteiger partial charge is 0.486 e. The van der Waals surface area contributed by atoms with Crippen LogP contribution in [0.25, 0.3) is 0 Å². The average Bonchev–Trinajstić information content (AvgIpc) is 3.26. The van der Waals surface area contributed by atoms with Crippen molar-refractivity contribution in [2.75, 3.05) is 18.0 Å². The van der Waals surface area contributed by atoms with E-state index in [1.54, 1.807) is 11.6 Å². The fraction of sp³-hybridized carbons (Fsp3) is 0.348. The Balaban J connectivity index is 1.81. The van der Waals surface area contributed by atoms with E-state index >= 15 is 0 Å². The maximum atomic E-state index is 14.5. The Morgan fingerprint density at radius 1 is 1.13 bits per heavy atom. The summed E-state index contributed by atoms with van der Waals surface area (Å²) >= 11 is 0. The summed E-state index contributed by atoms with van der Waals surface area (Å²) < 4.78 is 142. The third kappa shape index (κ3) is 5.71. The number of ether oxygens (including phenoxy) is 1. The predicted octanol–water partition coefficient (Wildman–Crippen LogP) is 4.52. The Bertz CT molecular complexity index is 1600. The minimum absolute atomic E-state index is 0.206. The number of anilines is 1. The van der Waals surface area contributed by atoms with Crippen molar-refractivity contribution in [1.82, 2.24) is 8.96 Å². The van der Waals surface area contributed by atoms with Crippen molar-refractivity contribution in [1.29, 1.82) is 0 Å². The van der Waals surface area contributed by atoms with Gasteiger partial charge in [-0.25, -0.2) is 29.6 Å². The van der Waals surface area contributed by atoms with Gasteiger partial charge in [-0.3, -0.25) is 4.72 Å². The molecular formula is C23H21F6N3O5S2. The molecule has 2 heterocycles. The lowest BCUT2D eigenvalue weighted by Gasteiger charge is -2.26. The molecule has 0 spiro atoms. The molecule has 1 aromatic carbocycles. The van der Waals surface area contributed by atoms with Crippen molar-refractivity contribution < 1.29 is 47.9 Å². The third-order valence-electron chi connectivity index (χ3n) is 6.12. The SMILES string of the molecule is Cc1ccc(S(=O)(=O)n2cc(S(=O)(=O)Nc3nc(F)c(OCCF)cc3F)c3c2CC(C(F)(F)F)CC3)cc1. The molecule has 4 rings (SSSR count). The monoisotopic (exact) mass is 597 g/mol. The van der Waals surface area contributed by atoms with Crippen molar-refractivity contribution >= 4 is 25.9 Å². The van der Waals surface area contributed by atoms with Crippen molar-refractivity contribution in [2.24, 2.45) is 5.92 Å². The number of alkyl halides is 4. The Morgan fingerprint density at radius 2 is 1.79 bits per heavy atom. The van der Waals surface area contributed by atoms with Gasteiger partial charge < -0.3 is 4.74 Å². The molecule has 3 aromatic rings. The summed E-state index contributed by atoms with van der Waals surface area (Å²) in [6, 6.07) is 5.81. The Kier molecular flexibility index (Phi) is 7.64. The molecule has 0 amide bonds. The highest BCUT2D eigenvalue weighted by atomic mass is 32.2. The number of aromatic nitrogens is 2. The van der Waals surface area contributed by atoms with Gasteiger partial charge in [0.1, 0.15) is 18.2 Å². The van der Waals surface area contributed by atoms with Gasteiger partial charge in [-0.15, -0.1) is 0 Å². The molecule has 0 bridgehead atoms. The molecule has 1 aliphatic carbocycles. The van der Waals surface area contributed by atoms with Gasteiger partial charge in [-0.05, 0) is 37.5 Å². The molecule has 212 valence electrons. The highest BCUT2D eigenvalue weighted by molar-refractivity contribution is 7.93. The second-order valence-electron chi connectivity index (χ2n) is 8.76. The highest BCUT2D eigenvalue weighted by Crippen LogP contribution is 2.41. The molecule has 39 heavy (non-hydrogen) atoms. The smallest absolute Gasteiger partial charge is 0.392 e. The van der Waals surface area contributed by atoms with E-state index in [2.05, 4.69) is 9.72 Å². The number of pyridine rings is 1. The van der Waals surface area contributed by atoms with Crippen LogP contribution in [0.15, 0.2) is 46.3 Å². The van der Waals surface area contributed by atoms with Crippen molar-refractivity contribution in [3.63, 3.8) is 0 Å². The molecule has 0 radical (unpaired) electrons. The molecule has 2 aromatic heterocycles. The predicted molar refractivity (Wildman–Crippen MR) is 126 cm³/mol. The van der Waals surface area contributed by atoms with Crippen LogP contribution < -0.4 is 9.46 Å². The molecule has 8 nitrogen and oxygen atoms in total. The molecule has 1 N–H and O–H groups in total. The van der Waals surface area contributed by atoms with E-state index in [9.17, 15) is 43.2 Å². The zero-order valence-corrected chi connectivity index (χ0v) is 21.7. The quantitative estimate of drug-likeness (QED) is 0.302. The van der Waals surface area contributed by atoms with Crippen molar-refractivity contribution in [3.8, 4) is 5.75 Å². The lowest BCUT2D eigenvalue weighted by atomic mass is 9.87. The van der Waals surface area contributed by atoms with Gasteiger partial charge in [-0.2, -0.15) is 22.5 Å². The number of halogens is 6. The lowest BCUT2D eigenvalue weighted by Crippen LogP contribution is -2.31. The summed E-state index contributed by atoms with van der Waals surface area (Å²) in [5.41, 5.74) is 0.109. The molecule has 0 saturated heterocycles. The van der Waals surface area contributed by atoms with E-state index < -0.39 is 92.9 Å². The Hall–Kier alpha value is -3.27. The van der Waals surface area contributed by atoms with Crippen LogP contribution >= 0.6 is 0 Å². The van der Waals surface area contributed by atoms with E-state index in [0.29, 0.717) is 21.8 Å². The molecule has 0 aliphatic heterocycles. The number of hydrogen-bond acceptors (Lipinski definition) is 6. The van der Waals surface area contributed by atoms with E-state index in [0.717, 1.165) is 0 Å². The number of hydrogen-bond donors (Lipinski definition) is 1. The van der Waals surface area contributed by atoms with Gasteiger partial charge in [0.25, 0.3) is 26.0 Å². The fourth-order valence-corrected chi connectivity index (χ4v) is 6.96. The maximum absolute atomic E-state index is 14.5. The Morgan fingerprint density at radius 3 is 2.41 bits per heavy atom. The van der Waals surface area contributed by atoms with Crippen LogP contribution in [0.2, 0.25) is 0 Å². The summed E-state index contributed by atoms with van der Waals surface area (Å²) in [5, 5.41) is 0. The summed E-state index contributed by atoms with van der Waals surface area (Å²) in [7, 11) is -9.44. The number of nitrogens with zero attached hydrogens (tertiary/aromatic N) is 2. The first-order valence-electron chi connectivity index (χ1n) is 11.3. The van der Waals surface area contributed by atoms with Crippen LogP contribution in [0.1, 0.15) is 23.2 Å². The number of fused-ring (bicyclic) bond motifs is 1. The van der Waals surface area contributed by atoms with Crippen molar-refractivity contribution in [2.45, 2.75) is 42.2 Å².